The Morgan fingerprint density at radius 3 is 2.47 bits per heavy atom. The number of rotatable bonds is 4. The summed E-state index contributed by atoms with van der Waals surface area (Å²) in [7, 11) is 0. The molecule has 0 aliphatic rings. The summed E-state index contributed by atoms with van der Waals surface area (Å²) >= 11 is 0. The molecule has 5 heteroatoms. The third-order valence-electron chi connectivity index (χ3n) is 2.25. The van der Waals surface area contributed by atoms with Crippen molar-refractivity contribution in [2.24, 2.45) is 11.7 Å². The van der Waals surface area contributed by atoms with Gasteiger partial charge in [0.05, 0.1) is 0 Å². The predicted octanol–water partition coefficient (Wildman–Crippen LogP) is 3.63. The van der Waals surface area contributed by atoms with Gasteiger partial charge in [0, 0.05) is 6.04 Å². The third kappa shape index (κ3) is 5.08. The van der Waals surface area contributed by atoms with E-state index in [1.54, 1.807) is 6.07 Å². The van der Waals surface area contributed by atoms with Crippen LogP contribution in [0.25, 0.3) is 0 Å². The predicted molar refractivity (Wildman–Crippen MR) is 59.5 cm³/mol. The van der Waals surface area contributed by atoms with Crippen LogP contribution in [0.5, 0.6) is 5.75 Å². The van der Waals surface area contributed by atoms with Crippen LogP contribution in [0.1, 0.15) is 31.9 Å². The molecule has 1 atom stereocenters. The SMILES string of the molecule is CC(C)CC(N)c1cccc(OC(F)(F)F)c1. The lowest BCUT2D eigenvalue weighted by Crippen LogP contribution is -2.18. The summed E-state index contributed by atoms with van der Waals surface area (Å²) in [5, 5.41) is 0. The second-order valence-electron chi connectivity index (χ2n) is 4.36. The molecule has 0 aliphatic heterocycles. The Morgan fingerprint density at radius 1 is 1.29 bits per heavy atom. The summed E-state index contributed by atoms with van der Waals surface area (Å²) in [6, 6.07) is 5.54. The fraction of sp³-hybridized carbons (Fsp3) is 0.500. The van der Waals surface area contributed by atoms with E-state index in [0.717, 1.165) is 6.42 Å². The van der Waals surface area contributed by atoms with Gasteiger partial charge in [-0.25, -0.2) is 0 Å². The zero-order valence-electron chi connectivity index (χ0n) is 9.79. The number of alkyl halides is 3. The van der Waals surface area contributed by atoms with E-state index in [4.69, 9.17) is 5.73 Å². The molecule has 0 aromatic heterocycles. The number of nitrogens with two attached hydrogens (primary N) is 1. The van der Waals surface area contributed by atoms with Crippen molar-refractivity contribution in [3.05, 3.63) is 29.8 Å². The lowest BCUT2D eigenvalue weighted by molar-refractivity contribution is -0.274. The normalized spacial score (nSPS) is 13.8. The molecule has 17 heavy (non-hydrogen) atoms. The maximum atomic E-state index is 12.0. The molecule has 96 valence electrons. The van der Waals surface area contributed by atoms with Crippen molar-refractivity contribution in [1.82, 2.24) is 0 Å². The van der Waals surface area contributed by atoms with Crippen LogP contribution in [0.4, 0.5) is 13.2 Å². The molecular formula is C12H16F3NO. The maximum Gasteiger partial charge on any atom is 0.573 e. The molecule has 0 fully saturated rings. The van der Waals surface area contributed by atoms with Gasteiger partial charge >= 0.3 is 6.36 Å². The largest absolute Gasteiger partial charge is 0.573 e. The summed E-state index contributed by atoms with van der Waals surface area (Å²) in [4.78, 5) is 0. The van der Waals surface area contributed by atoms with Gasteiger partial charge < -0.3 is 10.5 Å². The quantitative estimate of drug-likeness (QED) is 0.881. The Kier molecular flexibility index (Phi) is 4.40. The average molecular weight is 247 g/mol. The van der Waals surface area contributed by atoms with Crippen molar-refractivity contribution in [3.8, 4) is 5.75 Å². The molecule has 2 N–H and O–H groups in total. The molecule has 0 aliphatic carbocycles. The molecule has 1 unspecified atom stereocenters. The van der Waals surface area contributed by atoms with Crippen molar-refractivity contribution in [1.29, 1.82) is 0 Å². The molecule has 0 saturated carbocycles. The minimum Gasteiger partial charge on any atom is -0.406 e. The van der Waals surface area contributed by atoms with Crippen molar-refractivity contribution in [2.45, 2.75) is 32.7 Å². The van der Waals surface area contributed by atoms with Crippen LogP contribution in [-0.2, 0) is 0 Å². The zero-order valence-corrected chi connectivity index (χ0v) is 9.79. The van der Waals surface area contributed by atoms with Gasteiger partial charge in [0.1, 0.15) is 5.75 Å². The van der Waals surface area contributed by atoms with E-state index >= 15 is 0 Å². The second-order valence-corrected chi connectivity index (χ2v) is 4.36. The van der Waals surface area contributed by atoms with E-state index < -0.39 is 6.36 Å². The molecule has 0 spiro atoms. The summed E-state index contributed by atoms with van der Waals surface area (Å²) in [5.74, 6) is 0.159. The highest BCUT2D eigenvalue weighted by molar-refractivity contribution is 5.30. The van der Waals surface area contributed by atoms with E-state index in [-0.39, 0.29) is 11.8 Å². The minimum absolute atomic E-state index is 0.228. The number of hydrogen-bond donors (Lipinski definition) is 1. The zero-order chi connectivity index (χ0) is 13.1. The molecule has 2 nitrogen and oxygen atoms in total. The number of ether oxygens (including phenoxy) is 1. The highest BCUT2D eigenvalue weighted by atomic mass is 19.4. The van der Waals surface area contributed by atoms with E-state index in [9.17, 15) is 13.2 Å². The fourth-order valence-electron chi connectivity index (χ4n) is 1.59. The monoisotopic (exact) mass is 247 g/mol. The van der Waals surface area contributed by atoms with Gasteiger partial charge in [-0.1, -0.05) is 26.0 Å². The van der Waals surface area contributed by atoms with Crippen LogP contribution in [0.3, 0.4) is 0 Å². The van der Waals surface area contributed by atoms with Gasteiger partial charge in [0.2, 0.25) is 0 Å². The van der Waals surface area contributed by atoms with Crippen molar-refractivity contribution in [3.63, 3.8) is 0 Å². The lowest BCUT2D eigenvalue weighted by atomic mass is 9.98. The Hall–Kier alpha value is -1.23. The summed E-state index contributed by atoms with van der Waals surface area (Å²) in [6.45, 7) is 4.02. The molecule has 1 aromatic carbocycles. The first-order chi connectivity index (χ1) is 7.78. The molecular weight excluding hydrogens is 231 g/mol. The third-order valence-corrected chi connectivity index (χ3v) is 2.25. The fourth-order valence-corrected chi connectivity index (χ4v) is 1.59. The van der Waals surface area contributed by atoms with Gasteiger partial charge in [-0.05, 0) is 30.0 Å². The molecule has 0 heterocycles. The van der Waals surface area contributed by atoms with E-state index in [2.05, 4.69) is 4.74 Å². The second kappa shape index (κ2) is 5.40. The Labute approximate surface area is 98.6 Å². The molecule has 0 saturated heterocycles. The number of benzene rings is 1. The summed E-state index contributed by atoms with van der Waals surface area (Å²) < 4.78 is 39.9. The Balaban J connectivity index is 2.78. The van der Waals surface area contributed by atoms with Crippen LogP contribution in [0.2, 0.25) is 0 Å². The topological polar surface area (TPSA) is 35.2 Å². The Morgan fingerprint density at radius 2 is 1.94 bits per heavy atom. The van der Waals surface area contributed by atoms with Gasteiger partial charge in [-0.2, -0.15) is 0 Å². The Bertz CT molecular complexity index is 363. The summed E-state index contributed by atoms with van der Waals surface area (Å²) in [5.41, 5.74) is 6.54. The van der Waals surface area contributed by atoms with Gasteiger partial charge in [-0.3, -0.25) is 0 Å². The van der Waals surface area contributed by atoms with E-state index in [1.165, 1.54) is 18.2 Å². The molecule has 1 aromatic rings. The van der Waals surface area contributed by atoms with Crippen LogP contribution in [-0.4, -0.2) is 6.36 Å². The molecule has 1 rings (SSSR count). The maximum absolute atomic E-state index is 12.0. The summed E-state index contributed by atoms with van der Waals surface area (Å²) in [6.07, 6.45) is -3.95. The highest BCUT2D eigenvalue weighted by Crippen LogP contribution is 2.26. The van der Waals surface area contributed by atoms with Crippen molar-refractivity contribution >= 4 is 0 Å². The lowest BCUT2D eigenvalue weighted by Gasteiger charge is -2.16. The smallest absolute Gasteiger partial charge is 0.406 e. The first kappa shape index (κ1) is 13.8. The number of halogens is 3. The van der Waals surface area contributed by atoms with Crippen molar-refractivity contribution < 1.29 is 17.9 Å². The standard InChI is InChI=1S/C12H16F3NO/c1-8(2)6-11(16)9-4-3-5-10(7-9)17-12(13,14)15/h3-5,7-8,11H,6,16H2,1-2H3. The van der Waals surface area contributed by atoms with Gasteiger partial charge in [0.15, 0.2) is 0 Å². The van der Waals surface area contributed by atoms with Crippen LogP contribution in [0, 0.1) is 5.92 Å². The van der Waals surface area contributed by atoms with Gasteiger partial charge in [-0.15, -0.1) is 13.2 Å². The van der Waals surface area contributed by atoms with E-state index in [0.29, 0.717) is 11.5 Å². The molecule has 0 bridgehead atoms. The first-order valence-corrected chi connectivity index (χ1v) is 5.39. The van der Waals surface area contributed by atoms with Crippen LogP contribution < -0.4 is 10.5 Å². The van der Waals surface area contributed by atoms with E-state index in [1.807, 2.05) is 13.8 Å². The van der Waals surface area contributed by atoms with Crippen LogP contribution in [0.15, 0.2) is 24.3 Å². The molecule has 0 radical (unpaired) electrons. The average Bonchev–Trinajstić information content (AvgIpc) is 2.14. The van der Waals surface area contributed by atoms with Gasteiger partial charge in [0.25, 0.3) is 0 Å². The highest BCUT2D eigenvalue weighted by Gasteiger charge is 2.31. The first-order valence-electron chi connectivity index (χ1n) is 5.39. The minimum atomic E-state index is -4.67. The number of hydrogen-bond acceptors (Lipinski definition) is 2. The molecule has 0 amide bonds. The van der Waals surface area contributed by atoms with Crippen molar-refractivity contribution in [2.75, 3.05) is 0 Å². The van der Waals surface area contributed by atoms with Crippen LogP contribution >= 0.6 is 0 Å².